The number of rotatable bonds is 5. The summed E-state index contributed by atoms with van der Waals surface area (Å²) in [6.07, 6.45) is 3.76. The summed E-state index contributed by atoms with van der Waals surface area (Å²) in [5.41, 5.74) is 4.03. The lowest BCUT2D eigenvalue weighted by atomic mass is 10.00. The average molecular weight is 365 g/mol. The molecule has 1 aromatic heterocycles. The molecular formula is C21H21ClN4. The molecule has 0 saturated carbocycles. The second kappa shape index (κ2) is 7.75. The van der Waals surface area contributed by atoms with E-state index in [4.69, 9.17) is 16.6 Å². The summed E-state index contributed by atoms with van der Waals surface area (Å²) in [5.74, 6) is 1.64. The summed E-state index contributed by atoms with van der Waals surface area (Å²) in [4.78, 5) is 11.4. The Kier molecular flexibility index (Phi) is 5.02. The average Bonchev–Trinajstić information content (AvgIpc) is 2.68. The van der Waals surface area contributed by atoms with E-state index in [2.05, 4.69) is 45.5 Å². The van der Waals surface area contributed by atoms with Crippen LogP contribution in [0.4, 0.5) is 11.8 Å². The van der Waals surface area contributed by atoms with Gasteiger partial charge in [0.25, 0.3) is 0 Å². The predicted molar refractivity (Wildman–Crippen MR) is 107 cm³/mol. The minimum atomic E-state index is 0.670. The topological polar surface area (TPSA) is 41.1 Å². The van der Waals surface area contributed by atoms with E-state index in [0.29, 0.717) is 5.95 Å². The van der Waals surface area contributed by atoms with Crippen LogP contribution in [0.5, 0.6) is 0 Å². The van der Waals surface area contributed by atoms with Crippen molar-refractivity contribution in [1.82, 2.24) is 9.97 Å². The fraction of sp³-hybridized carbons (Fsp3) is 0.238. The summed E-state index contributed by atoms with van der Waals surface area (Å²) in [6, 6.07) is 18.6. The van der Waals surface area contributed by atoms with Crippen molar-refractivity contribution >= 4 is 23.4 Å². The molecule has 0 spiro atoms. The number of benzene rings is 2. The molecule has 1 aliphatic heterocycles. The van der Waals surface area contributed by atoms with Crippen molar-refractivity contribution in [3.05, 3.63) is 82.5 Å². The number of nitrogens with one attached hydrogen (secondary N) is 1. The molecule has 0 atom stereocenters. The van der Waals surface area contributed by atoms with E-state index in [0.717, 1.165) is 43.3 Å². The van der Waals surface area contributed by atoms with Crippen LogP contribution in [0.15, 0.2) is 60.8 Å². The van der Waals surface area contributed by atoms with Gasteiger partial charge in [-0.2, -0.15) is 4.98 Å². The van der Waals surface area contributed by atoms with Gasteiger partial charge in [-0.05, 0) is 47.7 Å². The van der Waals surface area contributed by atoms with Gasteiger partial charge in [0.1, 0.15) is 5.82 Å². The molecule has 0 unspecified atom stereocenters. The second-order valence-electron chi connectivity index (χ2n) is 6.49. The summed E-state index contributed by atoms with van der Waals surface area (Å²) in [5, 5.41) is 4.09. The maximum Gasteiger partial charge on any atom is 0.224 e. The standard InChI is InChI=1S/C21H21ClN4/c22-19-7-3-4-16(14-19)8-11-23-21-24-12-9-20(25-21)26-13-10-17-5-1-2-6-18(17)15-26/h1-7,9,12,14H,8,10-11,13,15H2,(H,23,24,25). The molecule has 3 aromatic rings. The Labute approximate surface area is 158 Å². The quantitative estimate of drug-likeness (QED) is 0.730. The molecule has 4 nitrogen and oxygen atoms in total. The maximum absolute atomic E-state index is 6.03. The molecule has 5 heteroatoms. The van der Waals surface area contributed by atoms with Gasteiger partial charge in [0.15, 0.2) is 0 Å². The van der Waals surface area contributed by atoms with E-state index in [1.807, 2.05) is 30.5 Å². The number of halogens is 1. The summed E-state index contributed by atoms with van der Waals surface area (Å²) < 4.78 is 0. The Balaban J connectivity index is 1.39. The summed E-state index contributed by atoms with van der Waals surface area (Å²) in [6.45, 7) is 2.65. The molecule has 0 saturated heterocycles. The Bertz CT molecular complexity index is 896. The van der Waals surface area contributed by atoms with Crippen LogP contribution >= 0.6 is 11.6 Å². The fourth-order valence-corrected chi connectivity index (χ4v) is 3.53. The van der Waals surface area contributed by atoms with Crippen LogP contribution in [0, 0.1) is 0 Å². The van der Waals surface area contributed by atoms with Gasteiger partial charge in [-0.1, -0.05) is 48.0 Å². The van der Waals surface area contributed by atoms with Crippen molar-refractivity contribution in [2.45, 2.75) is 19.4 Å². The van der Waals surface area contributed by atoms with E-state index in [9.17, 15) is 0 Å². The maximum atomic E-state index is 6.03. The minimum Gasteiger partial charge on any atom is -0.354 e. The Hall–Kier alpha value is -2.59. The van der Waals surface area contributed by atoms with Crippen LogP contribution in [-0.4, -0.2) is 23.1 Å². The third-order valence-electron chi connectivity index (χ3n) is 4.68. The van der Waals surface area contributed by atoms with Gasteiger partial charge in [0.05, 0.1) is 0 Å². The minimum absolute atomic E-state index is 0.670. The number of hydrogen-bond donors (Lipinski definition) is 1. The van der Waals surface area contributed by atoms with Gasteiger partial charge in [0.2, 0.25) is 5.95 Å². The molecule has 0 amide bonds. The van der Waals surface area contributed by atoms with Gasteiger partial charge < -0.3 is 10.2 Å². The largest absolute Gasteiger partial charge is 0.354 e. The van der Waals surface area contributed by atoms with Crippen LogP contribution in [0.3, 0.4) is 0 Å². The first-order valence-electron chi connectivity index (χ1n) is 8.91. The zero-order chi connectivity index (χ0) is 17.8. The summed E-state index contributed by atoms with van der Waals surface area (Å²) >= 11 is 6.03. The highest BCUT2D eigenvalue weighted by atomic mass is 35.5. The molecule has 132 valence electrons. The molecule has 0 bridgehead atoms. The normalized spacial score (nSPS) is 13.3. The lowest BCUT2D eigenvalue weighted by Gasteiger charge is -2.29. The second-order valence-corrected chi connectivity index (χ2v) is 6.92. The number of hydrogen-bond acceptors (Lipinski definition) is 4. The lowest BCUT2D eigenvalue weighted by Crippen LogP contribution is -2.31. The van der Waals surface area contributed by atoms with Gasteiger partial charge >= 0.3 is 0 Å². The van der Waals surface area contributed by atoms with Crippen molar-refractivity contribution in [3.8, 4) is 0 Å². The number of fused-ring (bicyclic) bond motifs is 1. The molecule has 0 fully saturated rings. The van der Waals surface area contributed by atoms with E-state index in [1.165, 1.54) is 16.7 Å². The third-order valence-corrected chi connectivity index (χ3v) is 4.92. The van der Waals surface area contributed by atoms with E-state index >= 15 is 0 Å². The van der Waals surface area contributed by atoms with Crippen molar-refractivity contribution in [2.75, 3.05) is 23.3 Å². The highest BCUT2D eigenvalue weighted by molar-refractivity contribution is 6.30. The predicted octanol–water partition coefficient (Wildman–Crippen LogP) is 4.35. The highest BCUT2D eigenvalue weighted by Gasteiger charge is 2.17. The molecule has 1 aliphatic rings. The van der Waals surface area contributed by atoms with E-state index in [1.54, 1.807) is 0 Å². The molecule has 2 heterocycles. The Morgan fingerprint density at radius 2 is 1.92 bits per heavy atom. The smallest absolute Gasteiger partial charge is 0.224 e. The van der Waals surface area contributed by atoms with Crippen molar-refractivity contribution in [1.29, 1.82) is 0 Å². The number of anilines is 2. The van der Waals surface area contributed by atoms with Crippen molar-refractivity contribution in [3.63, 3.8) is 0 Å². The van der Waals surface area contributed by atoms with Gasteiger partial charge in [-0.15, -0.1) is 0 Å². The third kappa shape index (κ3) is 3.97. The first-order valence-corrected chi connectivity index (χ1v) is 9.29. The Morgan fingerprint density at radius 1 is 1.04 bits per heavy atom. The zero-order valence-electron chi connectivity index (χ0n) is 14.5. The first kappa shape index (κ1) is 16.9. The van der Waals surface area contributed by atoms with Gasteiger partial charge in [-0.3, -0.25) is 0 Å². The van der Waals surface area contributed by atoms with Crippen molar-refractivity contribution in [2.24, 2.45) is 0 Å². The molecule has 26 heavy (non-hydrogen) atoms. The van der Waals surface area contributed by atoms with Crippen LogP contribution < -0.4 is 10.2 Å². The highest BCUT2D eigenvalue weighted by Crippen LogP contribution is 2.23. The van der Waals surface area contributed by atoms with E-state index in [-0.39, 0.29) is 0 Å². The molecule has 4 rings (SSSR count). The molecular weight excluding hydrogens is 344 g/mol. The number of nitrogens with zero attached hydrogens (tertiary/aromatic N) is 3. The Morgan fingerprint density at radius 3 is 2.81 bits per heavy atom. The monoisotopic (exact) mass is 364 g/mol. The lowest BCUT2D eigenvalue weighted by molar-refractivity contribution is 0.719. The van der Waals surface area contributed by atoms with Crippen LogP contribution in [0.1, 0.15) is 16.7 Å². The molecule has 1 N–H and O–H groups in total. The summed E-state index contributed by atoms with van der Waals surface area (Å²) in [7, 11) is 0. The van der Waals surface area contributed by atoms with Gasteiger partial charge in [0, 0.05) is 30.9 Å². The van der Waals surface area contributed by atoms with Crippen LogP contribution in [-0.2, 0) is 19.4 Å². The zero-order valence-corrected chi connectivity index (χ0v) is 15.3. The fourth-order valence-electron chi connectivity index (χ4n) is 3.31. The first-order chi connectivity index (χ1) is 12.8. The van der Waals surface area contributed by atoms with Crippen molar-refractivity contribution < 1.29 is 0 Å². The van der Waals surface area contributed by atoms with Gasteiger partial charge in [-0.25, -0.2) is 4.98 Å². The van der Waals surface area contributed by atoms with Crippen LogP contribution in [0.25, 0.3) is 0 Å². The molecule has 0 radical (unpaired) electrons. The molecule has 2 aromatic carbocycles. The van der Waals surface area contributed by atoms with E-state index < -0.39 is 0 Å². The molecule has 0 aliphatic carbocycles. The van der Waals surface area contributed by atoms with Crippen LogP contribution in [0.2, 0.25) is 5.02 Å². The SMILES string of the molecule is Clc1cccc(CCNc2nccc(N3CCc4ccccc4C3)n2)c1. The number of aromatic nitrogens is 2.